The van der Waals surface area contributed by atoms with E-state index in [4.69, 9.17) is 5.73 Å². The Morgan fingerprint density at radius 3 is 1.61 bits per heavy atom. The Morgan fingerprint density at radius 1 is 1.22 bits per heavy atom. The van der Waals surface area contributed by atoms with Gasteiger partial charge in [0.1, 0.15) is 0 Å². The average molecular weight is 367 g/mol. The second-order valence-corrected chi connectivity index (χ2v) is 4.72. The van der Waals surface area contributed by atoms with Crippen LogP contribution in [0.5, 0.6) is 0 Å². The summed E-state index contributed by atoms with van der Waals surface area (Å²) in [7, 11) is 0. The summed E-state index contributed by atoms with van der Waals surface area (Å²) in [6.07, 6.45) is 4.96. The van der Waals surface area contributed by atoms with Crippen LogP contribution >= 0.6 is 0 Å². The Hall–Kier alpha value is 0.643. The maximum Gasteiger partial charge on any atom is 4.00 e. The Kier molecular flexibility index (Phi) is 17.2. The van der Waals surface area contributed by atoms with Crippen molar-refractivity contribution in [3.63, 3.8) is 0 Å². The van der Waals surface area contributed by atoms with Crippen LogP contribution < -0.4 is 24.8 Å². The van der Waals surface area contributed by atoms with E-state index in [9.17, 15) is 0 Å². The SMILES string of the molecule is C=CC(C)(C)[NH-].CC1=[C-]C(C)C(C)=C1C.[Cl-].[Cl-].[Zr+4]. The number of hydrogen-bond donors (Lipinski definition) is 0. The molecular weight excluding hydrogens is 344 g/mol. The standard InChI is InChI=1S/C9H13.C5H10N.2ClH.Zr/c1-6-5-7(2)9(4)8(6)3;1-4-5(2,3)6;;;/h6H,1-4H3;4,6H,1H2,2-3H3;2*1H;/q2*-1;;;+4/p-2. The Bertz CT molecular complexity index is 301. The maximum absolute atomic E-state index is 7.06. The monoisotopic (exact) mass is 365 g/mol. The fourth-order valence-electron chi connectivity index (χ4n) is 1.16. The van der Waals surface area contributed by atoms with E-state index < -0.39 is 5.54 Å². The van der Waals surface area contributed by atoms with Crippen LogP contribution in [-0.4, -0.2) is 5.54 Å². The van der Waals surface area contributed by atoms with Gasteiger partial charge in [-0.2, -0.15) is 11.1 Å². The van der Waals surface area contributed by atoms with Gasteiger partial charge in [0.15, 0.2) is 0 Å². The number of halogens is 2. The third-order valence-corrected chi connectivity index (χ3v) is 2.75. The van der Waals surface area contributed by atoms with E-state index in [0.717, 1.165) is 0 Å². The minimum Gasteiger partial charge on any atom is -1.00 e. The largest absolute Gasteiger partial charge is 4.00 e. The van der Waals surface area contributed by atoms with Crippen LogP contribution in [0, 0.1) is 12.0 Å². The number of hydrogen-bond acceptors (Lipinski definition) is 0. The maximum atomic E-state index is 7.06. The van der Waals surface area contributed by atoms with Gasteiger partial charge in [-0.1, -0.05) is 40.5 Å². The molecule has 0 fully saturated rings. The van der Waals surface area contributed by atoms with Crippen molar-refractivity contribution >= 4 is 0 Å². The first-order chi connectivity index (χ1) is 6.69. The first-order valence-corrected chi connectivity index (χ1v) is 5.35. The minimum absolute atomic E-state index is 0. The zero-order chi connectivity index (χ0) is 12.2. The molecule has 0 saturated carbocycles. The van der Waals surface area contributed by atoms with Gasteiger partial charge >= 0.3 is 26.2 Å². The van der Waals surface area contributed by atoms with E-state index >= 15 is 0 Å². The molecule has 1 atom stereocenters. The second kappa shape index (κ2) is 11.5. The molecule has 1 aliphatic rings. The van der Waals surface area contributed by atoms with Crippen LogP contribution in [0.15, 0.2) is 29.4 Å². The summed E-state index contributed by atoms with van der Waals surface area (Å²) in [5, 5.41) is 0. The second-order valence-electron chi connectivity index (χ2n) is 4.72. The Labute approximate surface area is 144 Å². The summed E-state index contributed by atoms with van der Waals surface area (Å²) < 4.78 is 0. The van der Waals surface area contributed by atoms with Crippen molar-refractivity contribution in [3.8, 4) is 0 Å². The van der Waals surface area contributed by atoms with Gasteiger partial charge in [0.05, 0.1) is 0 Å². The smallest absolute Gasteiger partial charge is 1.00 e. The van der Waals surface area contributed by atoms with Gasteiger partial charge in [0.2, 0.25) is 0 Å². The molecule has 0 aromatic carbocycles. The van der Waals surface area contributed by atoms with Crippen molar-refractivity contribution in [1.29, 1.82) is 0 Å². The summed E-state index contributed by atoms with van der Waals surface area (Å²) in [6, 6.07) is 0. The van der Waals surface area contributed by atoms with Gasteiger partial charge in [-0.15, -0.1) is 25.1 Å². The molecule has 0 saturated heterocycles. The molecule has 1 aliphatic carbocycles. The van der Waals surface area contributed by atoms with Gasteiger partial charge in [-0.05, 0) is 0 Å². The molecule has 1 rings (SSSR count). The van der Waals surface area contributed by atoms with E-state index in [-0.39, 0.29) is 51.0 Å². The molecule has 0 aromatic heterocycles. The zero-order valence-corrected chi connectivity index (χ0v) is 16.1. The van der Waals surface area contributed by atoms with Crippen LogP contribution in [0.1, 0.15) is 41.5 Å². The van der Waals surface area contributed by atoms with Crippen LogP contribution in [-0.2, 0) is 26.2 Å². The quantitative estimate of drug-likeness (QED) is 0.408. The average Bonchev–Trinajstić information content (AvgIpc) is 2.33. The number of allylic oxidation sites excluding steroid dienone is 4. The third kappa shape index (κ3) is 10.6. The summed E-state index contributed by atoms with van der Waals surface area (Å²) >= 11 is 0. The topological polar surface area (TPSA) is 23.8 Å². The molecule has 1 N–H and O–H groups in total. The fraction of sp³-hybridized carbons (Fsp3) is 0.571. The number of rotatable bonds is 1. The summed E-state index contributed by atoms with van der Waals surface area (Å²) in [5.74, 6) is 0.560. The van der Waals surface area contributed by atoms with Crippen molar-refractivity contribution in [2.45, 2.75) is 47.1 Å². The van der Waals surface area contributed by atoms with Gasteiger partial charge in [-0.25, -0.2) is 5.57 Å². The molecule has 0 aliphatic heterocycles. The number of nitrogens with one attached hydrogen (secondary N) is 1. The molecule has 0 spiro atoms. The fourth-order valence-corrected chi connectivity index (χ4v) is 1.16. The molecule has 0 aromatic rings. The summed E-state index contributed by atoms with van der Waals surface area (Å²) in [6.45, 7) is 15.7. The van der Waals surface area contributed by atoms with Gasteiger partial charge in [-0.3, -0.25) is 6.08 Å². The Balaban J connectivity index is -0.0000000992. The normalized spacial score (nSPS) is 17.3. The van der Waals surface area contributed by atoms with Crippen molar-refractivity contribution in [3.05, 3.63) is 41.2 Å². The zero-order valence-electron chi connectivity index (χ0n) is 12.1. The van der Waals surface area contributed by atoms with E-state index in [1.807, 2.05) is 0 Å². The van der Waals surface area contributed by atoms with E-state index in [2.05, 4.69) is 40.3 Å². The van der Waals surface area contributed by atoms with Crippen molar-refractivity contribution < 1.29 is 51.0 Å². The third-order valence-electron chi connectivity index (χ3n) is 2.75. The van der Waals surface area contributed by atoms with Crippen molar-refractivity contribution in [2.75, 3.05) is 0 Å². The van der Waals surface area contributed by atoms with Crippen LogP contribution in [0.25, 0.3) is 5.73 Å². The van der Waals surface area contributed by atoms with Gasteiger partial charge in [0.25, 0.3) is 0 Å². The van der Waals surface area contributed by atoms with Gasteiger partial charge < -0.3 is 30.5 Å². The first kappa shape index (κ1) is 27.1. The van der Waals surface area contributed by atoms with E-state index in [1.165, 1.54) is 16.7 Å². The van der Waals surface area contributed by atoms with Gasteiger partial charge in [0, 0.05) is 0 Å². The molecule has 0 bridgehead atoms. The predicted octanol–water partition coefficient (Wildman–Crippen LogP) is -1.27. The van der Waals surface area contributed by atoms with Crippen molar-refractivity contribution in [1.82, 2.24) is 0 Å². The first-order valence-electron chi connectivity index (χ1n) is 5.35. The molecule has 4 heteroatoms. The van der Waals surface area contributed by atoms with Crippen LogP contribution in [0.3, 0.4) is 0 Å². The molecule has 0 heterocycles. The summed E-state index contributed by atoms with van der Waals surface area (Å²) in [4.78, 5) is 0. The Morgan fingerprint density at radius 2 is 1.56 bits per heavy atom. The van der Waals surface area contributed by atoms with E-state index in [1.54, 1.807) is 19.9 Å². The molecule has 1 unspecified atom stereocenters. The molecule has 18 heavy (non-hydrogen) atoms. The molecule has 102 valence electrons. The minimum atomic E-state index is -0.444. The van der Waals surface area contributed by atoms with Crippen LogP contribution in [0.2, 0.25) is 0 Å². The van der Waals surface area contributed by atoms with Crippen molar-refractivity contribution in [2.24, 2.45) is 5.92 Å². The predicted molar refractivity (Wildman–Crippen MR) is 68.6 cm³/mol. The molecule has 0 amide bonds. The molecular formula is C14H23Cl2NZr. The summed E-state index contributed by atoms with van der Waals surface area (Å²) in [5.41, 5.74) is 10.9. The molecule has 1 nitrogen and oxygen atoms in total. The molecule has 0 radical (unpaired) electrons. The van der Waals surface area contributed by atoms with Crippen LogP contribution in [0.4, 0.5) is 0 Å². The van der Waals surface area contributed by atoms with E-state index in [0.29, 0.717) is 5.92 Å².